The Morgan fingerprint density at radius 2 is 0.873 bits per heavy atom. The first-order chi connectivity index (χ1) is 30.8. The fourth-order valence-electron chi connectivity index (χ4n) is 16.2. The molecule has 4 aromatic rings. The van der Waals surface area contributed by atoms with Gasteiger partial charge in [-0.2, -0.15) is 0 Å². The second kappa shape index (κ2) is 15.4. The maximum atomic E-state index is 7.48. The molecule has 1 spiro atoms. The van der Waals surface area contributed by atoms with Gasteiger partial charge in [-0.15, -0.1) is 45.3 Å². The Labute approximate surface area is 409 Å². The van der Waals surface area contributed by atoms with Crippen molar-refractivity contribution < 1.29 is 4.74 Å². The van der Waals surface area contributed by atoms with Crippen LogP contribution in [0, 0.1) is 71.0 Å². The molecule has 328 valence electrons. The number of thiophene rings is 4. The van der Waals surface area contributed by atoms with Crippen LogP contribution < -0.4 is 4.74 Å². The highest BCUT2D eigenvalue weighted by atomic mass is 32.1. The molecule has 9 aliphatic carbocycles. The number of nitrogens with zero attached hydrogens (tertiary/aromatic N) is 2. The smallest absolute Gasteiger partial charge is 0.158 e. The highest BCUT2D eigenvalue weighted by Crippen LogP contribution is 2.64. The van der Waals surface area contributed by atoms with E-state index in [4.69, 9.17) is 63.6 Å². The zero-order valence-electron chi connectivity index (χ0n) is 36.0. The molecule has 10 aliphatic rings. The van der Waals surface area contributed by atoms with E-state index in [-0.39, 0.29) is 5.60 Å². The molecule has 1 aliphatic heterocycles. The maximum absolute atomic E-state index is 7.48. The third kappa shape index (κ3) is 6.37. The molecule has 12 atom stereocenters. The van der Waals surface area contributed by atoms with Gasteiger partial charge in [0.2, 0.25) is 0 Å². The minimum absolute atomic E-state index is 0.308. The molecule has 0 aromatic carbocycles. The van der Waals surface area contributed by atoms with Gasteiger partial charge in [0, 0.05) is 53.4 Å². The Morgan fingerprint density at radius 3 is 1.33 bits per heavy atom. The summed E-state index contributed by atoms with van der Waals surface area (Å²) >= 11 is 32.7. The van der Waals surface area contributed by atoms with Crippen LogP contribution in [0.25, 0.3) is 28.6 Å². The van der Waals surface area contributed by atoms with Crippen LogP contribution in [0.2, 0.25) is 0 Å². The van der Waals surface area contributed by atoms with Gasteiger partial charge in [-0.05, 0) is 137 Å². The molecule has 11 heteroatoms. The van der Waals surface area contributed by atoms with E-state index in [1.165, 1.54) is 156 Å². The first-order valence-corrected chi connectivity index (χ1v) is 29.8. The lowest BCUT2D eigenvalue weighted by atomic mass is 9.57. The minimum atomic E-state index is -0.308. The van der Waals surface area contributed by atoms with Gasteiger partial charge in [-0.1, -0.05) is 107 Å². The van der Waals surface area contributed by atoms with Crippen molar-refractivity contribution in [3.63, 3.8) is 0 Å². The van der Waals surface area contributed by atoms with Crippen LogP contribution in [0.3, 0.4) is 0 Å². The molecule has 0 bridgehead atoms. The average Bonchev–Trinajstić information content (AvgIpc) is 4.12. The predicted molar refractivity (Wildman–Crippen MR) is 284 cm³/mol. The van der Waals surface area contributed by atoms with Gasteiger partial charge in [0.1, 0.15) is 15.6 Å². The van der Waals surface area contributed by atoms with Gasteiger partial charge in [0.15, 0.2) is 5.75 Å². The molecule has 0 amide bonds. The van der Waals surface area contributed by atoms with Crippen LogP contribution in [0.1, 0.15) is 140 Å². The molecule has 0 radical (unpaired) electrons. The van der Waals surface area contributed by atoms with E-state index in [2.05, 4.69) is 12.1 Å². The topological polar surface area (TPSA) is 34.0 Å². The lowest BCUT2D eigenvalue weighted by Gasteiger charge is -2.48. The summed E-state index contributed by atoms with van der Waals surface area (Å²) in [6, 6.07) is 4.66. The van der Waals surface area contributed by atoms with Crippen molar-refractivity contribution in [2.45, 2.75) is 140 Å². The van der Waals surface area contributed by atoms with Gasteiger partial charge >= 0.3 is 0 Å². The molecule has 4 aromatic heterocycles. The van der Waals surface area contributed by atoms with E-state index in [1.54, 1.807) is 11.3 Å². The lowest BCUT2D eigenvalue weighted by molar-refractivity contribution is 0.0282. The molecule has 14 rings (SSSR count). The van der Waals surface area contributed by atoms with E-state index in [9.17, 15) is 0 Å². The monoisotopic (exact) mass is 980 g/mol. The van der Waals surface area contributed by atoms with E-state index < -0.39 is 0 Å². The van der Waals surface area contributed by atoms with Gasteiger partial charge in [-0.25, -0.2) is 9.98 Å². The number of hydrogen-bond donors (Lipinski definition) is 0. The lowest BCUT2D eigenvalue weighted by Crippen LogP contribution is -2.40. The highest BCUT2D eigenvalue weighted by molar-refractivity contribution is 7.86. The summed E-state index contributed by atoms with van der Waals surface area (Å²) in [4.78, 5) is 17.7. The molecular weight excluding hydrogens is 925 g/mol. The first kappa shape index (κ1) is 40.8. The Bertz CT molecular complexity index is 2620. The van der Waals surface area contributed by atoms with Crippen molar-refractivity contribution in [2.75, 3.05) is 0 Å². The normalized spacial score (nSPS) is 37.8. The number of thiocarbonyl (C=S) groups is 4. The van der Waals surface area contributed by atoms with E-state index in [0.29, 0.717) is 23.7 Å². The van der Waals surface area contributed by atoms with E-state index in [0.717, 1.165) is 107 Å². The number of hydrogen-bond acceptors (Lipinski definition) is 11. The predicted octanol–water partition coefficient (Wildman–Crippen LogP) is 16.8. The first-order valence-electron chi connectivity index (χ1n) is 24.9. The molecule has 3 nitrogen and oxygen atoms in total. The third-order valence-electron chi connectivity index (χ3n) is 19.1. The molecule has 9 saturated carbocycles. The zero-order chi connectivity index (χ0) is 41.9. The van der Waals surface area contributed by atoms with Gasteiger partial charge in [-0.3, -0.25) is 0 Å². The van der Waals surface area contributed by atoms with Crippen molar-refractivity contribution in [3.8, 4) is 15.5 Å². The Hall–Kier alpha value is -1.18. The van der Waals surface area contributed by atoms with Crippen molar-refractivity contribution in [2.24, 2.45) is 81.0 Å². The molecule has 0 saturated heterocycles. The van der Waals surface area contributed by atoms with Crippen LogP contribution in [-0.4, -0.2) is 30.9 Å². The Morgan fingerprint density at radius 1 is 0.460 bits per heavy atom. The van der Waals surface area contributed by atoms with Crippen molar-refractivity contribution >= 4 is 154 Å². The number of aliphatic imine (C=N–C) groups is 2. The summed E-state index contributed by atoms with van der Waals surface area (Å²) < 4.78 is 12.7. The summed E-state index contributed by atoms with van der Waals surface area (Å²) in [5.41, 5.74) is 3.07. The highest BCUT2D eigenvalue weighted by Gasteiger charge is 2.53. The van der Waals surface area contributed by atoms with E-state index >= 15 is 0 Å². The van der Waals surface area contributed by atoms with E-state index in [1.807, 2.05) is 34.0 Å². The fraction of sp³-hybridized carbons (Fsp3) is 0.654. The molecule has 0 N–H and O–H groups in total. The second-order valence-electron chi connectivity index (χ2n) is 22.1. The van der Waals surface area contributed by atoms with Crippen molar-refractivity contribution in [1.29, 1.82) is 0 Å². The molecule has 12 unspecified atom stereocenters. The minimum Gasteiger partial charge on any atom is -0.479 e. The number of fused-ring (bicyclic) bond motifs is 14. The van der Waals surface area contributed by atoms with Gasteiger partial charge < -0.3 is 4.74 Å². The maximum Gasteiger partial charge on any atom is 0.158 e. The van der Waals surface area contributed by atoms with Crippen LogP contribution in [-0.2, 0) is 5.60 Å². The summed E-state index contributed by atoms with van der Waals surface area (Å²) in [5.74, 6) is 9.91. The summed E-state index contributed by atoms with van der Waals surface area (Å²) in [5, 5.41) is 2.09. The quantitative estimate of drug-likeness (QED) is 0.187. The number of rotatable bonds is 2. The van der Waals surface area contributed by atoms with Crippen LogP contribution in [0.15, 0.2) is 22.1 Å². The molecule has 63 heavy (non-hydrogen) atoms. The van der Waals surface area contributed by atoms with Crippen LogP contribution >= 0.6 is 94.2 Å². The van der Waals surface area contributed by atoms with Crippen LogP contribution in [0.4, 0.5) is 10.0 Å². The largest absolute Gasteiger partial charge is 0.479 e. The Balaban J connectivity index is 0.759. The summed E-state index contributed by atoms with van der Waals surface area (Å²) in [6.45, 7) is 0. The third-order valence-corrected chi connectivity index (χ3v) is 25.8. The summed E-state index contributed by atoms with van der Waals surface area (Å²) in [6.07, 6.45) is 28.0. The Kier molecular flexibility index (Phi) is 10.00. The SMILES string of the molecule is S=C1C(=Nc2cc3sc4c(c3s2)OC2(CCCCC2)c2c-4sc3cc(N=C4C(=S)C5CC6CC7CCCCC7CC6CC5C4=S)sc23)C(=S)C2CC3CC4CCCCC4CC3CC12. The average molecular weight is 982 g/mol. The van der Waals surface area contributed by atoms with Crippen molar-refractivity contribution in [3.05, 3.63) is 17.7 Å². The number of ether oxygens (including phenoxy) is 1. The van der Waals surface area contributed by atoms with Gasteiger partial charge in [0.05, 0.1) is 35.3 Å². The zero-order valence-corrected chi connectivity index (χ0v) is 42.5. The molecular formula is C52H56N2OS8. The second-order valence-corrected chi connectivity index (χ2v) is 28.0. The fourth-order valence-corrected chi connectivity index (χ4v) is 23.2. The standard InChI is InChI=1S/C52H56N2OS8/c56-44-32-18-28-14-24-8-2-3-9-25(24)15-29(28)19-33(32)45(57)41(44)53-38-22-36-48(62-38)40-50(60-36)51-43(55-52(40)12-6-1-7-13-52)49-37(61-51)23-39(63-49)54-42-46(58)34-20-30-16-26-10-4-5-11-27(26)17-31(30)21-35(34)47(42)59/h22-35H,1-21H2. The van der Waals surface area contributed by atoms with Crippen LogP contribution in [0.5, 0.6) is 5.75 Å². The van der Waals surface area contributed by atoms with Crippen molar-refractivity contribution in [1.82, 2.24) is 0 Å². The summed E-state index contributed by atoms with van der Waals surface area (Å²) in [7, 11) is 0. The molecule has 5 heterocycles. The molecule has 9 fully saturated rings. The van der Waals surface area contributed by atoms with Gasteiger partial charge in [0.25, 0.3) is 0 Å².